The van der Waals surface area contributed by atoms with Gasteiger partial charge in [0.15, 0.2) is 0 Å². The first-order valence-corrected chi connectivity index (χ1v) is 10.0. The molecule has 0 bridgehead atoms. The number of ether oxygens (including phenoxy) is 2. The summed E-state index contributed by atoms with van der Waals surface area (Å²) >= 11 is 3.64. The Hall–Kier alpha value is -2.34. The number of esters is 1. The van der Waals surface area contributed by atoms with E-state index < -0.39 is 0 Å². The van der Waals surface area contributed by atoms with E-state index in [1.165, 1.54) is 13.2 Å². The van der Waals surface area contributed by atoms with Gasteiger partial charge in [-0.25, -0.2) is 4.39 Å². The Morgan fingerprint density at radius 2 is 2.00 bits per heavy atom. The minimum absolute atomic E-state index is 0.124. The zero-order valence-electron chi connectivity index (χ0n) is 16.2. The molecule has 0 amide bonds. The highest BCUT2D eigenvalue weighted by Crippen LogP contribution is 2.36. The van der Waals surface area contributed by atoms with Gasteiger partial charge in [0, 0.05) is 16.6 Å². The maximum absolute atomic E-state index is 13.8. The summed E-state index contributed by atoms with van der Waals surface area (Å²) < 4.78 is 27.2. The zero-order chi connectivity index (χ0) is 20.3. The van der Waals surface area contributed by atoms with E-state index in [9.17, 15) is 9.18 Å². The van der Waals surface area contributed by atoms with E-state index in [1.807, 2.05) is 22.8 Å². The Bertz CT molecular complexity index is 1010. The number of carbonyl (C=O) groups is 1. The van der Waals surface area contributed by atoms with Crippen LogP contribution in [0, 0.1) is 12.7 Å². The van der Waals surface area contributed by atoms with E-state index in [0.717, 1.165) is 45.3 Å². The van der Waals surface area contributed by atoms with Crippen molar-refractivity contribution in [3.63, 3.8) is 0 Å². The Labute approximate surface area is 172 Å². The fraction of sp³-hybridized carbons (Fsp3) is 0.318. The zero-order valence-corrected chi connectivity index (χ0v) is 17.8. The predicted molar refractivity (Wildman–Crippen MR) is 112 cm³/mol. The lowest BCUT2D eigenvalue weighted by Crippen LogP contribution is -2.05. The summed E-state index contributed by atoms with van der Waals surface area (Å²) in [5.41, 5.74) is 3.08. The summed E-state index contributed by atoms with van der Waals surface area (Å²) in [5.74, 6) is 0.178. The molecule has 0 aliphatic heterocycles. The number of fused-ring (bicyclic) bond motifs is 1. The van der Waals surface area contributed by atoms with Crippen LogP contribution in [0.25, 0.3) is 16.6 Å². The standard InChI is InChI=1S/C22H23BrFNO3/c1-4-5-10-28-16-7-9-20-17(12-16)18(13-21(26)27-3)22(23)25(20)15-6-8-19(24)14(2)11-15/h6-9,11-12H,4-5,10,13H2,1-3H3. The number of unbranched alkanes of at least 4 members (excludes halogenated alkanes) is 1. The van der Waals surface area contributed by atoms with Crippen LogP contribution in [0.3, 0.4) is 0 Å². The van der Waals surface area contributed by atoms with Crippen LogP contribution in [0.5, 0.6) is 5.75 Å². The molecule has 0 unspecified atom stereocenters. The van der Waals surface area contributed by atoms with Crippen LogP contribution in [0.4, 0.5) is 4.39 Å². The van der Waals surface area contributed by atoms with E-state index in [1.54, 1.807) is 19.1 Å². The van der Waals surface area contributed by atoms with Gasteiger partial charge in [0.1, 0.15) is 11.6 Å². The van der Waals surface area contributed by atoms with Gasteiger partial charge in [-0.05, 0) is 71.2 Å². The van der Waals surface area contributed by atoms with Gasteiger partial charge in [0.25, 0.3) is 0 Å². The second kappa shape index (κ2) is 8.78. The smallest absolute Gasteiger partial charge is 0.310 e. The second-order valence-corrected chi connectivity index (χ2v) is 7.42. The number of methoxy groups -OCH3 is 1. The fourth-order valence-electron chi connectivity index (χ4n) is 3.13. The first kappa shape index (κ1) is 20.4. The van der Waals surface area contributed by atoms with Gasteiger partial charge in [-0.2, -0.15) is 0 Å². The number of hydrogen-bond acceptors (Lipinski definition) is 3. The number of rotatable bonds is 7. The van der Waals surface area contributed by atoms with Crippen LogP contribution < -0.4 is 4.74 Å². The lowest BCUT2D eigenvalue weighted by atomic mass is 10.1. The van der Waals surface area contributed by atoms with E-state index in [2.05, 4.69) is 22.9 Å². The summed E-state index contributed by atoms with van der Waals surface area (Å²) in [6, 6.07) is 10.8. The van der Waals surface area contributed by atoms with Crippen molar-refractivity contribution in [2.45, 2.75) is 33.1 Å². The van der Waals surface area contributed by atoms with E-state index >= 15 is 0 Å². The highest BCUT2D eigenvalue weighted by molar-refractivity contribution is 9.10. The van der Waals surface area contributed by atoms with Crippen molar-refractivity contribution in [3.05, 3.63) is 57.9 Å². The average molecular weight is 448 g/mol. The molecule has 0 aliphatic rings. The number of carbonyl (C=O) groups excluding carboxylic acids is 1. The Balaban J connectivity index is 2.16. The first-order valence-electron chi connectivity index (χ1n) is 9.25. The summed E-state index contributed by atoms with van der Waals surface area (Å²) in [6.45, 7) is 4.49. The minimum atomic E-state index is -0.327. The van der Waals surface area contributed by atoms with Crippen LogP contribution in [0.2, 0.25) is 0 Å². The van der Waals surface area contributed by atoms with Crippen molar-refractivity contribution in [1.82, 2.24) is 4.57 Å². The highest BCUT2D eigenvalue weighted by Gasteiger charge is 2.20. The SMILES string of the molecule is CCCCOc1ccc2c(c1)c(CC(=O)OC)c(Br)n2-c1ccc(F)c(C)c1. The summed E-state index contributed by atoms with van der Waals surface area (Å²) in [5, 5.41) is 0.897. The van der Waals surface area contributed by atoms with Crippen molar-refractivity contribution >= 4 is 32.8 Å². The van der Waals surface area contributed by atoms with Crippen molar-refractivity contribution in [2.75, 3.05) is 13.7 Å². The van der Waals surface area contributed by atoms with Crippen molar-refractivity contribution in [2.24, 2.45) is 0 Å². The summed E-state index contributed by atoms with van der Waals surface area (Å²) in [7, 11) is 1.37. The van der Waals surface area contributed by atoms with Crippen molar-refractivity contribution < 1.29 is 18.7 Å². The van der Waals surface area contributed by atoms with Gasteiger partial charge in [-0.1, -0.05) is 13.3 Å². The number of benzene rings is 2. The molecular weight excluding hydrogens is 425 g/mol. The van der Waals surface area contributed by atoms with Gasteiger partial charge >= 0.3 is 5.97 Å². The molecule has 6 heteroatoms. The third-order valence-electron chi connectivity index (χ3n) is 4.69. The number of hydrogen-bond donors (Lipinski definition) is 0. The quantitative estimate of drug-likeness (QED) is 0.342. The maximum Gasteiger partial charge on any atom is 0.310 e. The first-order chi connectivity index (χ1) is 13.5. The van der Waals surface area contributed by atoms with Crippen molar-refractivity contribution in [1.29, 1.82) is 0 Å². The molecule has 0 radical (unpaired) electrons. The molecule has 28 heavy (non-hydrogen) atoms. The average Bonchev–Trinajstić information content (AvgIpc) is 2.95. The molecule has 1 aromatic heterocycles. The van der Waals surface area contributed by atoms with Gasteiger partial charge in [-0.3, -0.25) is 4.79 Å². The van der Waals surface area contributed by atoms with Crippen molar-refractivity contribution in [3.8, 4) is 11.4 Å². The highest BCUT2D eigenvalue weighted by atomic mass is 79.9. The Kier molecular flexibility index (Phi) is 6.39. The summed E-state index contributed by atoms with van der Waals surface area (Å²) in [4.78, 5) is 12.0. The molecule has 0 atom stereocenters. The topological polar surface area (TPSA) is 40.5 Å². The number of aromatic nitrogens is 1. The summed E-state index contributed by atoms with van der Waals surface area (Å²) in [6.07, 6.45) is 2.16. The van der Waals surface area contributed by atoms with Crippen LogP contribution in [0.15, 0.2) is 41.0 Å². The third kappa shape index (κ3) is 4.07. The van der Waals surface area contributed by atoms with Gasteiger partial charge in [-0.15, -0.1) is 0 Å². The molecule has 148 valence electrons. The minimum Gasteiger partial charge on any atom is -0.494 e. The van der Waals surface area contributed by atoms with Crippen LogP contribution in [-0.2, 0) is 16.0 Å². The Morgan fingerprint density at radius 1 is 1.21 bits per heavy atom. The Morgan fingerprint density at radius 3 is 2.68 bits per heavy atom. The number of aryl methyl sites for hydroxylation is 1. The molecule has 3 rings (SSSR count). The van der Waals surface area contributed by atoms with Gasteiger partial charge < -0.3 is 14.0 Å². The monoisotopic (exact) mass is 447 g/mol. The molecule has 3 aromatic rings. The molecule has 1 heterocycles. The molecule has 4 nitrogen and oxygen atoms in total. The number of halogens is 2. The molecule has 0 saturated heterocycles. The number of nitrogens with zero attached hydrogens (tertiary/aromatic N) is 1. The van der Waals surface area contributed by atoms with Crippen LogP contribution in [0.1, 0.15) is 30.9 Å². The lowest BCUT2D eigenvalue weighted by molar-refractivity contribution is -0.139. The normalized spacial score (nSPS) is 11.0. The molecular formula is C22H23BrFNO3. The van der Waals surface area contributed by atoms with Crippen LogP contribution >= 0.6 is 15.9 Å². The van der Waals surface area contributed by atoms with E-state index in [0.29, 0.717) is 12.2 Å². The lowest BCUT2D eigenvalue weighted by Gasteiger charge is -2.10. The maximum atomic E-state index is 13.8. The largest absolute Gasteiger partial charge is 0.494 e. The molecule has 0 fully saturated rings. The van der Waals surface area contributed by atoms with E-state index in [-0.39, 0.29) is 18.2 Å². The fourth-order valence-corrected chi connectivity index (χ4v) is 3.88. The van der Waals surface area contributed by atoms with Crippen LogP contribution in [-0.4, -0.2) is 24.3 Å². The van der Waals surface area contributed by atoms with Gasteiger partial charge in [0.05, 0.1) is 30.3 Å². The molecule has 0 aliphatic carbocycles. The third-order valence-corrected chi connectivity index (χ3v) is 5.53. The van der Waals surface area contributed by atoms with Gasteiger partial charge in [0.2, 0.25) is 0 Å². The molecule has 0 saturated carbocycles. The second-order valence-electron chi connectivity index (χ2n) is 6.67. The molecule has 0 N–H and O–H groups in total. The van der Waals surface area contributed by atoms with E-state index in [4.69, 9.17) is 9.47 Å². The predicted octanol–water partition coefficient (Wildman–Crippen LogP) is 5.73. The molecule has 2 aromatic carbocycles. The molecule has 0 spiro atoms.